The lowest BCUT2D eigenvalue weighted by atomic mass is 10.2. The van der Waals surface area contributed by atoms with Gasteiger partial charge in [-0.1, -0.05) is 12.1 Å². The van der Waals surface area contributed by atoms with Crippen LogP contribution in [0.5, 0.6) is 0 Å². The number of carbonyl (C=O) groups is 2. The second kappa shape index (κ2) is 8.84. The number of aromatic nitrogens is 4. The molecule has 162 valence electrons. The largest absolute Gasteiger partial charge is 0.461 e. The minimum Gasteiger partial charge on any atom is -0.461 e. The molecule has 1 amide bonds. The summed E-state index contributed by atoms with van der Waals surface area (Å²) < 4.78 is 22.0. The van der Waals surface area contributed by atoms with Crippen molar-refractivity contribution in [3.8, 4) is 11.4 Å². The summed E-state index contributed by atoms with van der Waals surface area (Å²) in [5.41, 5.74) is 2.62. The summed E-state index contributed by atoms with van der Waals surface area (Å²) in [5.74, 6) is -1.27. The van der Waals surface area contributed by atoms with E-state index in [-0.39, 0.29) is 23.9 Å². The Morgan fingerprint density at radius 1 is 1.09 bits per heavy atom. The highest BCUT2D eigenvalue weighted by atomic mass is 19.1. The van der Waals surface area contributed by atoms with Crippen LogP contribution in [-0.2, 0) is 4.74 Å². The van der Waals surface area contributed by atoms with Crippen LogP contribution in [0.15, 0.2) is 67.0 Å². The number of para-hydroxylation sites is 1. The van der Waals surface area contributed by atoms with Gasteiger partial charge in [0.25, 0.3) is 5.91 Å². The van der Waals surface area contributed by atoms with Crippen molar-refractivity contribution in [2.24, 2.45) is 0 Å². The average Bonchev–Trinajstić information content (AvgIpc) is 3.42. The molecule has 32 heavy (non-hydrogen) atoms. The molecule has 0 unspecified atom stereocenters. The van der Waals surface area contributed by atoms with Crippen LogP contribution in [0.4, 0.5) is 10.1 Å². The Morgan fingerprint density at radius 2 is 1.84 bits per heavy atom. The maximum absolute atomic E-state index is 14.1. The molecule has 1 N–H and O–H groups in total. The number of amides is 1. The molecule has 0 saturated carbocycles. The number of hydrogen-bond donors (Lipinski definition) is 1. The van der Waals surface area contributed by atoms with E-state index < -0.39 is 11.8 Å². The summed E-state index contributed by atoms with van der Waals surface area (Å²) >= 11 is 0. The van der Waals surface area contributed by atoms with Crippen molar-refractivity contribution < 1.29 is 18.7 Å². The molecule has 0 aliphatic rings. The van der Waals surface area contributed by atoms with Gasteiger partial charge in [0.05, 0.1) is 29.7 Å². The number of rotatable bonds is 6. The number of hydrogen-bond acceptors (Lipinski definition) is 5. The highest BCUT2D eigenvalue weighted by Gasteiger charge is 2.17. The third kappa shape index (κ3) is 4.13. The Bertz CT molecular complexity index is 1280. The van der Waals surface area contributed by atoms with Crippen molar-refractivity contribution in [2.75, 3.05) is 11.9 Å². The Morgan fingerprint density at radius 3 is 2.56 bits per heavy atom. The molecule has 0 aliphatic heterocycles. The van der Waals surface area contributed by atoms with E-state index in [1.165, 1.54) is 16.9 Å². The first-order chi connectivity index (χ1) is 15.5. The van der Waals surface area contributed by atoms with Gasteiger partial charge in [-0.05, 0) is 56.3 Å². The van der Waals surface area contributed by atoms with Gasteiger partial charge in [-0.3, -0.25) is 4.79 Å². The Labute approximate surface area is 183 Å². The first kappa shape index (κ1) is 21.0. The molecule has 9 heteroatoms. The lowest BCUT2D eigenvalue weighted by Crippen LogP contribution is -2.13. The van der Waals surface area contributed by atoms with Gasteiger partial charge in [-0.15, -0.1) is 0 Å². The second-order valence-electron chi connectivity index (χ2n) is 6.87. The van der Waals surface area contributed by atoms with E-state index in [0.29, 0.717) is 22.6 Å². The number of esters is 1. The van der Waals surface area contributed by atoms with E-state index >= 15 is 0 Å². The summed E-state index contributed by atoms with van der Waals surface area (Å²) in [5, 5.41) is 11.2. The highest BCUT2D eigenvalue weighted by Crippen LogP contribution is 2.19. The fourth-order valence-corrected chi connectivity index (χ4v) is 3.18. The van der Waals surface area contributed by atoms with Crippen molar-refractivity contribution in [2.45, 2.75) is 13.8 Å². The van der Waals surface area contributed by atoms with Crippen LogP contribution in [0, 0.1) is 12.7 Å². The molecule has 8 nitrogen and oxygen atoms in total. The summed E-state index contributed by atoms with van der Waals surface area (Å²) in [6, 6.07) is 14.8. The van der Waals surface area contributed by atoms with Crippen molar-refractivity contribution >= 4 is 17.6 Å². The van der Waals surface area contributed by atoms with Crippen molar-refractivity contribution in [3.05, 3.63) is 89.8 Å². The molecule has 0 radical (unpaired) electrons. The summed E-state index contributed by atoms with van der Waals surface area (Å²) in [6.45, 7) is 3.71. The molecule has 2 aromatic heterocycles. The predicted octanol–water partition coefficient (Wildman–Crippen LogP) is 3.93. The molecular weight excluding hydrogens is 413 g/mol. The molecule has 0 spiro atoms. The van der Waals surface area contributed by atoms with Crippen molar-refractivity contribution in [3.63, 3.8) is 0 Å². The third-order valence-electron chi connectivity index (χ3n) is 4.80. The maximum atomic E-state index is 14.1. The van der Waals surface area contributed by atoms with Crippen molar-refractivity contribution in [1.82, 2.24) is 19.6 Å². The van der Waals surface area contributed by atoms with Gasteiger partial charge in [0.15, 0.2) is 5.69 Å². The van der Waals surface area contributed by atoms with E-state index in [4.69, 9.17) is 4.74 Å². The SMILES string of the molecule is CCOC(=O)c1ccn(-c2ccc(NC(=O)c3cnn(-c4ccccc4F)c3C)cc2)n1. The van der Waals surface area contributed by atoms with Crippen molar-refractivity contribution in [1.29, 1.82) is 0 Å². The van der Waals surface area contributed by atoms with Gasteiger partial charge in [0, 0.05) is 11.9 Å². The van der Waals surface area contributed by atoms with E-state index in [1.54, 1.807) is 73.3 Å². The molecule has 4 aromatic rings. The summed E-state index contributed by atoms with van der Waals surface area (Å²) in [6.07, 6.45) is 3.06. The standard InChI is InChI=1S/C23H20FN5O3/c1-3-32-23(31)20-12-13-28(27-20)17-10-8-16(9-11-17)26-22(30)18-14-25-29(15(18)2)21-7-5-4-6-19(21)24/h4-14H,3H2,1-2H3,(H,26,30). The van der Waals surface area contributed by atoms with Crippen LogP contribution in [0.2, 0.25) is 0 Å². The molecule has 2 aromatic carbocycles. The Balaban J connectivity index is 1.48. The normalized spacial score (nSPS) is 10.7. The molecule has 2 heterocycles. The number of anilines is 1. The third-order valence-corrected chi connectivity index (χ3v) is 4.80. The second-order valence-corrected chi connectivity index (χ2v) is 6.87. The lowest BCUT2D eigenvalue weighted by molar-refractivity contribution is 0.0519. The zero-order chi connectivity index (χ0) is 22.7. The number of carbonyl (C=O) groups excluding carboxylic acids is 2. The lowest BCUT2D eigenvalue weighted by Gasteiger charge is -2.08. The molecule has 0 bridgehead atoms. The van der Waals surface area contributed by atoms with Crippen LogP contribution in [0.3, 0.4) is 0 Å². The van der Waals surface area contributed by atoms with Gasteiger partial charge < -0.3 is 10.1 Å². The number of benzene rings is 2. The highest BCUT2D eigenvalue weighted by molar-refractivity contribution is 6.05. The Hall–Kier alpha value is -4.27. The molecule has 4 rings (SSSR count). The smallest absolute Gasteiger partial charge is 0.358 e. The van der Waals surface area contributed by atoms with E-state index in [9.17, 15) is 14.0 Å². The molecular formula is C23H20FN5O3. The number of nitrogens with zero attached hydrogens (tertiary/aromatic N) is 4. The van der Waals surface area contributed by atoms with Gasteiger partial charge in [0.1, 0.15) is 11.5 Å². The van der Waals surface area contributed by atoms with E-state index in [0.717, 1.165) is 0 Å². The number of ether oxygens (including phenoxy) is 1. The van der Waals surface area contributed by atoms with Crippen LogP contribution in [0.1, 0.15) is 33.5 Å². The fourth-order valence-electron chi connectivity index (χ4n) is 3.18. The molecule has 0 fully saturated rings. The van der Waals surface area contributed by atoms with Gasteiger partial charge >= 0.3 is 5.97 Å². The Kier molecular flexibility index (Phi) is 5.80. The summed E-state index contributed by atoms with van der Waals surface area (Å²) in [4.78, 5) is 24.5. The first-order valence-corrected chi connectivity index (χ1v) is 9.92. The monoisotopic (exact) mass is 433 g/mol. The van der Waals surface area contributed by atoms with E-state index in [2.05, 4.69) is 15.5 Å². The maximum Gasteiger partial charge on any atom is 0.358 e. The zero-order valence-corrected chi connectivity index (χ0v) is 17.4. The minimum atomic E-state index is -0.485. The molecule has 0 atom stereocenters. The zero-order valence-electron chi connectivity index (χ0n) is 17.4. The minimum absolute atomic E-state index is 0.214. The number of halogens is 1. The first-order valence-electron chi connectivity index (χ1n) is 9.92. The predicted molar refractivity (Wildman–Crippen MR) is 116 cm³/mol. The van der Waals surface area contributed by atoms with Crippen LogP contribution in [-0.4, -0.2) is 38.0 Å². The van der Waals surface area contributed by atoms with Crippen LogP contribution in [0.25, 0.3) is 11.4 Å². The quantitative estimate of drug-likeness (QED) is 0.465. The average molecular weight is 433 g/mol. The van der Waals surface area contributed by atoms with E-state index in [1.807, 2.05) is 0 Å². The van der Waals surface area contributed by atoms with Crippen LogP contribution >= 0.6 is 0 Å². The number of nitrogens with one attached hydrogen (secondary N) is 1. The molecule has 0 saturated heterocycles. The fraction of sp³-hybridized carbons (Fsp3) is 0.130. The van der Waals surface area contributed by atoms with Gasteiger partial charge in [-0.25, -0.2) is 18.5 Å². The van der Waals surface area contributed by atoms with Gasteiger partial charge in [0.2, 0.25) is 0 Å². The summed E-state index contributed by atoms with van der Waals surface area (Å²) in [7, 11) is 0. The van der Waals surface area contributed by atoms with Crippen LogP contribution < -0.4 is 5.32 Å². The topological polar surface area (TPSA) is 91.0 Å². The molecule has 0 aliphatic carbocycles. The van der Waals surface area contributed by atoms with Gasteiger partial charge in [-0.2, -0.15) is 10.2 Å².